The molecule has 5 rings (SSSR count). The van der Waals surface area contributed by atoms with E-state index in [-0.39, 0.29) is 17.6 Å². The second kappa shape index (κ2) is 9.97. The summed E-state index contributed by atoms with van der Waals surface area (Å²) < 4.78 is 10.9. The number of nitrogens with zero attached hydrogens (tertiary/aromatic N) is 4. The monoisotopic (exact) mass is 460 g/mol. The van der Waals surface area contributed by atoms with Crippen molar-refractivity contribution >= 4 is 11.5 Å². The average molecular weight is 461 g/mol. The van der Waals surface area contributed by atoms with Crippen LogP contribution in [0.25, 0.3) is 0 Å². The highest BCUT2D eigenvalue weighted by atomic mass is 16.5. The van der Waals surface area contributed by atoms with Crippen molar-refractivity contribution in [3.8, 4) is 11.5 Å². The number of fused-ring (bicyclic) bond motifs is 1. The highest BCUT2D eigenvalue weighted by Gasteiger charge is 2.40. The molecule has 1 aliphatic carbocycles. The van der Waals surface area contributed by atoms with Crippen LogP contribution in [0.5, 0.6) is 11.5 Å². The number of ketones is 1. The predicted molar refractivity (Wildman–Crippen MR) is 131 cm³/mol. The molecule has 2 aromatic rings. The minimum Gasteiger partial charge on any atom is -0.493 e. The van der Waals surface area contributed by atoms with Crippen LogP contribution in [0.3, 0.4) is 0 Å². The van der Waals surface area contributed by atoms with Crippen molar-refractivity contribution < 1.29 is 14.3 Å². The number of ether oxygens (including phenoxy) is 2. The molecule has 3 aliphatic rings. The molecular formula is C27H32N4O3. The maximum Gasteiger partial charge on any atom is 0.164 e. The fourth-order valence-electron chi connectivity index (χ4n) is 5.44. The number of methoxy groups -OCH3 is 2. The van der Waals surface area contributed by atoms with Gasteiger partial charge in [0.1, 0.15) is 0 Å². The molecule has 3 heterocycles. The molecular weight excluding hydrogens is 428 g/mol. The number of aromatic nitrogens is 1. The van der Waals surface area contributed by atoms with E-state index >= 15 is 0 Å². The van der Waals surface area contributed by atoms with E-state index in [4.69, 9.17) is 14.6 Å². The van der Waals surface area contributed by atoms with Crippen LogP contribution in [0.4, 0.5) is 0 Å². The van der Waals surface area contributed by atoms with Gasteiger partial charge in [0.2, 0.25) is 0 Å². The number of carbonyl (C=O) groups excluding carboxylic acids is 1. The van der Waals surface area contributed by atoms with Gasteiger partial charge < -0.3 is 9.47 Å². The fraction of sp³-hybridized carbons (Fsp3) is 0.444. The summed E-state index contributed by atoms with van der Waals surface area (Å²) in [5, 5.41) is 7.39. The summed E-state index contributed by atoms with van der Waals surface area (Å²) in [7, 11) is 3.26. The van der Waals surface area contributed by atoms with Crippen LogP contribution in [-0.2, 0) is 11.3 Å². The molecule has 0 saturated carbocycles. The third-order valence-electron chi connectivity index (χ3n) is 7.24. The summed E-state index contributed by atoms with van der Waals surface area (Å²) >= 11 is 0. The van der Waals surface area contributed by atoms with Gasteiger partial charge in [-0.15, -0.1) is 0 Å². The second-order valence-electron chi connectivity index (χ2n) is 9.32. The average Bonchev–Trinajstić information content (AvgIpc) is 2.89. The Hall–Kier alpha value is -3.19. The molecule has 0 unspecified atom stereocenters. The third-order valence-corrected chi connectivity index (χ3v) is 7.24. The summed E-state index contributed by atoms with van der Waals surface area (Å²) in [6.45, 7) is 3.82. The summed E-state index contributed by atoms with van der Waals surface area (Å²) in [5.41, 5.74) is 3.03. The lowest BCUT2D eigenvalue weighted by molar-refractivity contribution is -0.118. The van der Waals surface area contributed by atoms with Crippen LogP contribution in [0.1, 0.15) is 30.4 Å². The summed E-state index contributed by atoms with van der Waals surface area (Å²) in [4.78, 5) is 19.7. The van der Waals surface area contributed by atoms with Crippen molar-refractivity contribution in [1.29, 1.82) is 0 Å². The van der Waals surface area contributed by atoms with Gasteiger partial charge in [-0.2, -0.15) is 5.10 Å². The SMILES string of the molecule is COc1ccc(C2=NN(C3CCN(Cc4cccnc4)CC3)C[C@@H]3CC=CC(=O)[C@H]23)cc1OC. The van der Waals surface area contributed by atoms with Crippen LogP contribution >= 0.6 is 0 Å². The van der Waals surface area contributed by atoms with Crippen LogP contribution in [0.15, 0.2) is 60.0 Å². The fourth-order valence-corrected chi connectivity index (χ4v) is 5.44. The van der Waals surface area contributed by atoms with Crippen LogP contribution in [-0.4, -0.2) is 66.3 Å². The van der Waals surface area contributed by atoms with Gasteiger partial charge in [0.25, 0.3) is 0 Å². The number of hydrogen-bond donors (Lipinski definition) is 0. The Kier molecular flexibility index (Phi) is 6.63. The molecule has 0 N–H and O–H groups in total. The first-order valence-corrected chi connectivity index (χ1v) is 12.1. The molecule has 7 nitrogen and oxygen atoms in total. The second-order valence-corrected chi connectivity index (χ2v) is 9.32. The summed E-state index contributed by atoms with van der Waals surface area (Å²) in [6, 6.07) is 10.3. The highest BCUT2D eigenvalue weighted by molar-refractivity contribution is 6.17. The zero-order valence-corrected chi connectivity index (χ0v) is 19.9. The van der Waals surface area contributed by atoms with Gasteiger partial charge in [-0.3, -0.25) is 19.7 Å². The van der Waals surface area contributed by atoms with Crippen molar-refractivity contribution in [3.05, 3.63) is 66.0 Å². The van der Waals surface area contributed by atoms with Crippen molar-refractivity contribution in [2.75, 3.05) is 33.9 Å². The lowest BCUT2D eigenvalue weighted by atomic mass is 9.75. The van der Waals surface area contributed by atoms with Gasteiger partial charge in [0, 0.05) is 50.2 Å². The summed E-state index contributed by atoms with van der Waals surface area (Å²) in [5.74, 6) is 1.51. The van der Waals surface area contributed by atoms with E-state index in [1.54, 1.807) is 20.3 Å². The highest BCUT2D eigenvalue weighted by Crippen LogP contribution is 2.36. The van der Waals surface area contributed by atoms with Gasteiger partial charge >= 0.3 is 0 Å². The third kappa shape index (κ3) is 4.57. The number of carbonyl (C=O) groups is 1. The van der Waals surface area contributed by atoms with E-state index in [0.717, 1.165) is 56.7 Å². The van der Waals surface area contributed by atoms with Crippen molar-refractivity contribution in [2.45, 2.75) is 31.8 Å². The number of pyridine rings is 1. The number of piperidine rings is 1. The molecule has 1 saturated heterocycles. The largest absolute Gasteiger partial charge is 0.493 e. The van der Waals surface area contributed by atoms with Gasteiger partial charge in [0.15, 0.2) is 17.3 Å². The Morgan fingerprint density at radius 1 is 1.09 bits per heavy atom. The van der Waals surface area contributed by atoms with Gasteiger partial charge in [-0.05, 0) is 61.1 Å². The van der Waals surface area contributed by atoms with Crippen molar-refractivity contribution in [1.82, 2.24) is 14.9 Å². The smallest absolute Gasteiger partial charge is 0.164 e. The first kappa shape index (κ1) is 22.6. The molecule has 2 atom stereocenters. The number of likely N-dealkylation sites (tertiary alicyclic amines) is 1. The molecule has 0 amide bonds. The maximum atomic E-state index is 12.9. The van der Waals surface area contributed by atoms with Gasteiger partial charge in [-0.1, -0.05) is 12.1 Å². The van der Waals surface area contributed by atoms with Crippen LogP contribution in [0, 0.1) is 11.8 Å². The van der Waals surface area contributed by atoms with E-state index in [2.05, 4.69) is 21.0 Å². The Labute approximate surface area is 201 Å². The molecule has 1 fully saturated rings. The first-order chi connectivity index (χ1) is 16.7. The Balaban J connectivity index is 1.37. The molecule has 1 aromatic carbocycles. The Bertz CT molecular complexity index is 1080. The number of rotatable bonds is 6. The van der Waals surface area contributed by atoms with E-state index in [9.17, 15) is 4.79 Å². The molecule has 0 radical (unpaired) electrons. The summed E-state index contributed by atoms with van der Waals surface area (Å²) in [6.07, 6.45) is 10.5. The zero-order valence-electron chi connectivity index (χ0n) is 19.9. The van der Waals surface area contributed by atoms with Crippen LogP contribution < -0.4 is 9.47 Å². The number of hydrazone groups is 1. The van der Waals surface area contributed by atoms with Crippen molar-refractivity contribution in [2.24, 2.45) is 16.9 Å². The standard InChI is InChI=1S/C27H32N4O3/c1-33-24-9-8-20(15-25(24)34-2)27-26-21(6-3-7-23(26)32)18-31(29-27)22-10-13-30(14-11-22)17-19-5-4-12-28-16-19/h3-5,7-9,12,15-16,21-22,26H,6,10-11,13-14,17-18H2,1-2H3/t21-,26+/m0/s1. The minimum absolute atomic E-state index is 0.149. The Morgan fingerprint density at radius 2 is 1.91 bits per heavy atom. The van der Waals surface area contributed by atoms with E-state index in [1.165, 1.54) is 5.56 Å². The Morgan fingerprint density at radius 3 is 2.65 bits per heavy atom. The number of allylic oxidation sites excluding steroid dienone is 2. The van der Waals surface area contributed by atoms with E-state index in [1.807, 2.05) is 42.7 Å². The predicted octanol–water partition coefficient (Wildman–Crippen LogP) is 3.54. The molecule has 178 valence electrons. The van der Waals surface area contributed by atoms with E-state index in [0.29, 0.717) is 17.5 Å². The molecule has 0 spiro atoms. The number of hydrogen-bond acceptors (Lipinski definition) is 7. The molecule has 2 aliphatic heterocycles. The molecule has 7 heteroatoms. The van der Waals surface area contributed by atoms with Crippen molar-refractivity contribution in [3.63, 3.8) is 0 Å². The number of benzene rings is 1. The van der Waals surface area contributed by atoms with Gasteiger partial charge in [-0.25, -0.2) is 0 Å². The first-order valence-electron chi connectivity index (χ1n) is 12.1. The molecule has 1 aromatic heterocycles. The van der Waals surface area contributed by atoms with Gasteiger partial charge in [0.05, 0.1) is 25.8 Å². The normalized spacial score (nSPS) is 23.4. The molecule has 34 heavy (non-hydrogen) atoms. The topological polar surface area (TPSA) is 67.3 Å². The van der Waals surface area contributed by atoms with E-state index < -0.39 is 0 Å². The maximum absolute atomic E-state index is 12.9. The minimum atomic E-state index is -0.204. The quantitative estimate of drug-likeness (QED) is 0.657. The van der Waals surface area contributed by atoms with Crippen LogP contribution in [0.2, 0.25) is 0 Å². The zero-order chi connectivity index (χ0) is 23.5. The lowest BCUT2D eigenvalue weighted by Gasteiger charge is -2.43. The molecule has 0 bridgehead atoms. The lowest BCUT2D eigenvalue weighted by Crippen LogP contribution is -2.50.